The molecular formula is C22H23FN4O2. The first-order chi connectivity index (χ1) is 13.9. The number of para-hydroxylation sites is 1. The van der Waals surface area contributed by atoms with E-state index in [4.69, 9.17) is 0 Å². The van der Waals surface area contributed by atoms with Crippen molar-refractivity contribution in [3.63, 3.8) is 0 Å². The van der Waals surface area contributed by atoms with Crippen molar-refractivity contribution in [3.05, 3.63) is 69.4 Å². The van der Waals surface area contributed by atoms with E-state index in [0.717, 1.165) is 11.1 Å². The molecule has 1 saturated heterocycles. The van der Waals surface area contributed by atoms with Gasteiger partial charge in [0.15, 0.2) is 5.69 Å². The number of benzene rings is 2. The highest BCUT2D eigenvalue weighted by Crippen LogP contribution is 2.21. The van der Waals surface area contributed by atoms with Gasteiger partial charge < -0.3 is 14.4 Å². The monoisotopic (exact) mass is 394 g/mol. The number of nitrogens with zero attached hydrogens (tertiary/aromatic N) is 4. The number of hydrogen-bond donors (Lipinski definition) is 0. The van der Waals surface area contributed by atoms with Crippen molar-refractivity contribution in [1.29, 1.82) is 0 Å². The molecule has 0 unspecified atom stereocenters. The summed E-state index contributed by atoms with van der Waals surface area (Å²) in [5.74, 6) is -0.651. The molecular weight excluding hydrogens is 371 g/mol. The number of halogens is 1. The molecule has 0 atom stereocenters. The lowest BCUT2D eigenvalue weighted by molar-refractivity contribution is 0.0738. The number of rotatable bonds is 2. The van der Waals surface area contributed by atoms with E-state index in [9.17, 15) is 14.0 Å². The molecule has 0 spiro atoms. The van der Waals surface area contributed by atoms with E-state index in [0.29, 0.717) is 42.9 Å². The van der Waals surface area contributed by atoms with Crippen molar-refractivity contribution in [3.8, 4) is 0 Å². The molecule has 7 heteroatoms. The molecule has 2 heterocycles. The van der Waals surface area contributed by atoms with Crippen LogP contribution in [0.25, 0.3) is 11.0 Å². The van der Waals surface area contributed by atoms with Gasteiger partial charge in [0.05, 0.1) is 16.7 Å². The zero-order valence-electron chi connectivity index (χ0n) is 16.8. The maximum Gasteiger partial charge on any atom is 0.282 e. The van der Waals surface area contributed by atoms with Crippen LogP contribution >= 0.6 is 0 Å². The van der Waals surface area contributed by atoms with E-state index >= 15 is 0 Å². The smallest absolute Gasteiger partial charge is 0.282 e. The summed E-state index contributed by atoms with van der Waals surface area (Å²) in [5, 5.41) is 0. The topological polar surface area (TPSA) is 58.4 Å². The minimum absolute atomic E-state index is 0.0670. The molecule has 29 heavy (non-hydrogen) atoms. The Labute approximate surface area is 168 Å². The number of carbonyl (C=O) groups excluding carboxylic acids is 1. The van der Waals surface area contributed by atoms with E-state index in [1.54, 1.807) is 30.1 Å². The van der Waals surface area contributed by atoms with E-state index < -0.39 is 5.56 Å². The van der Waals surface area contributed by atoms with Gasteiger partial charge in [0.2, 0.25) is 0 Å². The largest absolute Gasteiger partial charge is 0.366 e. The van der Waals surface area contributed by atoms with Crippen LogP contribution in [-0.2, 0) is 7.05 Å². The number of aromatic nitrogens is 2. The van der Waals surface area contributed by atoms with Gasteiger partial charge in [-0.3, -0.25) is 9.59 Å². The molecule has 4 rings (SSSR count). The van der Waals surface area contributed by atoms with E-state index in [1.165, 1.54) is 10.6 Å². The first-order valence-corrected chi connectivity index (χ1v) is 9.63. The van der Waals surface area contributed by atoms with Crippen molar-refractivity contribution in [1.82, 2.24) is 14.5 Å². The van der Waals surface area contributed by atoms with Gasteiger partial charge in [-0.1, -0.05) is 12.1 Å². The summed E-state index contributed by atoms with van der Waals surface area (Å²) >= 11 is 0. The molecule has 6 nitrogen and oxygen atoms in total. The fourth-order valence-corrected chi connectivity index (χ4v) is 3.73. The summed E-state index contributed by atoms with van der Waals surface area (Å²) in [6.07, 6.45) is 0. The fraction of sp³-hybridized carbons (Fsp3) is 0.318. The number of carbonyl (C=O) groups is 1. The lowest BCUT2D eigenvalue weighted by Gasteiger charge is -2.36. The first kappa shape index (κ1) is 19.1. The van der Waals surface area contributed by atoms with E-state index in [2.05, 4.69) is 4.98 Å². The summed E-state index contributed by atoms with van der Waals surface area (Å²) < 4.78 is 15.5. The number of aryl methyl sites for hydroxylation is 3. The van der Waals surface area contributed by atoms with Crippen LogP contribution in [0.2, 0.25) is 0 Å². The average Bonchev–Trinajstić information content (AvgIpc) is 2.72. The molecule has 1 fully saturated rings. The van der Waals surface area contributed by atoms with Crippen LogP contribution in [0.15, 0.2) is 41.2 Å². The lowest BCUT2D eigenvalue weighted by atomic mass is 10.1. The second-order valence-corrected chi connectivity index (χ2v) is 7.48. The Kier molecular flexibility index (Phi) is 4.82. The van der Waals surface area contributed by atoms with Crippen molar-refractivity contribution in [2.75, 3.05) is 31.1 Å². The Morgan fingerprint density at radius 1 is 1.03 bits per heavy atom. The highest BCUT2D eigenvalue weighted by molar-refractivity contribution is 5.94. The summed E-state index contributed by atoms with van der Waals surface area (Å²) in [6, 6.07) is 10.4. The third-order valence-electron chi connectivity index (χ3n) is 5.65. The molecule has 0 N–H and O–H groups in total. The van der Waals surface area contributed by atoms with Crippen LogP contribution in [0.4, 0.5) is 10.1 Å². The Morgan fingerprint density at radius 2 is 1.69 bits per heavy atom. The van der Waals surface area contributed by atoms with Crippen molar-refractivity contribution >= 4 is 22.6 Å². The van der Waals surface area contributed by atoms with Crippen LogP contribution in [0.5, 0.6) is 0 Å². The molecule has 2 aromatic carbocycles. The maximum absolute atomic E-state index is 14.0. The number of amides is 1. The van der Waals surface area contributed by atoms with Gasteiger partial charge in [-0.2, -0.15) is 0 Å². The van der Waals surface area contributed by atoms with Crippen LogP contribution in [0.1, 0.15) is 21.6 Å². The molecule has 0 radical (unpaired) electrons. The quantitative estimate of drug-likeness (QED) is 0.671. The van der Waals surface area contributed by atoms with E-state index in [1.807, 2.05) is 30.9 Å². The van der Waals surface area contributed by atoms with Crippen LogP contribution in [0.3, 0.4) is 0 Å². The predicted molar refractivity (Wildman–Crippen MR) is 111 cm³/mol. The first-order valence-electron chi connectivity index (χ1n) is 9.63. The molecule has 0 saturated carbocycles. The van der Waals surface area contributed by atoms with Crippen LogP contribution in [-0.4, -0.2) is 46.5 Å². The van der Waals surface area contributed by atoms with Gasteiger partial charge in [0, 0.05) is 33.2 Å². The average molecular weight is 394 g/mol. The third kappa shape index (κ3) is 3.37. The standard InChI is InChI=1S/C22H23FN4O2/c1-14-12-17-19(13-15(14)2)25(3)21(28)20(24-17)22(29)27-10-8-26(9-11-27)18-7-5-4-6-16(18)23/h4-7,12-13H,8-11H2,1-3H3. The van der Waals surface area contributed by atoms with Crippen molar-refractivity contribution < 1.29 is 9.18 Å². The van der Waals surface area contributed by atoms with Gasteiger partial charge in [-0.15, -0.1) is 0 Å². The minimum Gasteiger partial charge on any atom is -0.366 e. The molecule has 3 aromatic rings. The minimum atomic E-state index is -0.401. The summed E-state index contributed by atoms with van der Waals surface area (Å²) in [6.45, 7) is 5.77. The Bertz CT molecular complexity index is 1160. The Hall–Kier alpha value is -3.22. The summed E-state index contributed by atoms with van der Waals surface area (Å²) in [7, 11) is 1.66. The highest BCUT2D eigenvalue weighted by Gasteiger charge is 2.27. The molecule has 1 amide bonds. The molecule has 0 aliphatic carbocycles. The third-order valence-corrected chi connectivity index (χ3v) is 5.65. The number of piperazine rings is 1. The van der Waals surface area contributed by atoms with Gasteiger partial charge >= 0.3 is 0 Å². The number of anilines is 1. The van der Waals surface area contributed by atoms with Gasteiger partial charge in [0.25, 0.3) is 11.5 Å². The van der Waals surface area contributed by atoms with Crippen molar-refractivity contribution in [2.24, 2.45) is 7.05 Å². The normalized spacial score (nSPS) is 14.5. The van der Waals surface area contributed by atoms with Gasteiger partial charge in [0.1, 0.15) is 5.82 Å². The van der Waals surface area contributed by atoms with Gasteiger partial charge in [-0.05, 0) is 49.2 Å². The fourth-order valence-electron chi connectivity index (χ4n) is 3.73. The van der Waals surface area contributed by atoms with Gasteiger partial charge in [-0.25, -0.2) is 9.37 Å². The Morgan fingerprint density at radius 3 is 2.38 bits per heavy atom. The number of hydrogen-bond acceptors (Lipinski definition) is 4. The second-order valence-electron chi connectivity index (χ2n) is 7.48. The second kappa shape index (κ2) is 7.31. The predicted octanol–water partition coefficient (Wildman–Crippen LogP) is 2.65. The SMILES string of the molecule is Cc1cc2nc(C(=O)N3CCN(c4ccccc4F)CC3)c(=O)n(C)c2cc1C. The zero-order valence-corrected chi connectivity index (χ0v) is 16.8. The summed E-state index contributed by atoms with van der Waals surface area (Å²) in [4.78, 5) is 33.8. The highest BCUT2D eigenvalue weighted by atomic mass is 19.1. The molecule has 1 aliphatic heterocycles. The maximum atomic E-state index is 14.0. The lowest BCUT2D eigenvalue weighted by Crippen LogP contribution is -2.50. The number of fused-ring (bicyclic) bond motifs is 1. The molecule has 150 valence electrons. The molecule has 0 bridgehead atoms. The summed E-state index contributed by atoms with van der Waals surface area (Å²) in [5.41, 5.74) is 3.52. The van der Waals surface area contributed by atoms with Crippen molar-refractivity contribution in [2.45, 2.75) is 13.8 Å². The Balaban J connectivity index is 1.60. The molecule has 1 aromatic heterocycles. The van der Waals surface area contributed by atoms with E-state index in [-0.39, 0.29) is 17.4 Å². The zero-order chi connectivity index (χ0) is 20.7. The van der Waals surface area contributed by atoms with Crippen LogP contribution < -0.4 is 10.5 Å². The molecule has 1 aliphatic rings. The van der Waals surface area contributed by atoms with Crippen LogP contribution in [0, 0.1) is 19.7 Å².